The first-order chi connectivity index (χ1) is 22.0. The molecule has 3 aliphatic heterocycles. The van der Waals surface area contributed by atoms with Crippen molar-refractivity contribution in [3.05, 3.63) is 28.8 Å². The number of nitrogens with one attached hydrogen (secondary N) is 1. The zero-order valence-corrected chi connectivity index (χ0v) is 28.1. The summed E-state index contributed by atoms with van der Waals surface area (Å²) in [6, 6.07) is 1.70. The number of amides is 1. The second kappa shape index (κ2) is 10.8. The van der Waals surface area contributed by atoms with Gasteiger partial charge in [0.05, 0.1) is 28.3 Å². The van der Waals surface area contributed by atoms with E-state index in [9.17, 15) is 4.79 Å². The lowest BCUT2D eigenvalue weighted by Crippen LogP contribution is -2.65. The zero-order valence-electron chi connectivity index (χ0n) is 27.4. The second-order valence-corrected chi connectivity index (χ2v) is 15.8. The van der Waals surface area contributed by atoms with E-state index >= 15 is 4.39 Å². The van der Waals surface area contributed by atoms with Gasteiger partial charge in [0.2, 0.25) is 0 Å². The van der Waals surface area contributed by atoms with Crippen molar-refractivity contribution in [2.75, 3.05) is 44.2 Å². The highest BCUT2D eigenvalue weighted by atomic mass is 35.5. The molecule has 5 aliphatic rings. The minimum atomic E-state index is -0.508. The number of ether oxygens (including phenoxy) is 2. The molecule has 3 aromatic rings. The quantitative estimate of drug-likeness (QED) is 0.339. The van der Waals surface area contributed by atoms with Crippen LogP contribution in [0.2, 0.25) is 5.02 Å². The van der Waals surface area contributed by atoms with Crippen molar-refractivity contribution in [1.82, 2.24) is 29.8 Å². The summed E-state index contributed by atoms with van der Waals surface area (Å²) in [5.41, 5.74) is 2.83. The Balaban J connectivity index is 1.18. The average molecular weight is 654 g/mol. The number of anilines is 1. The maximum Gasteiger partial charge on any atom is 0.410 e. The summed E-state index contributed by atoms with van der Waals surface area (Å²) in [6.45, 7) is 12.5. The van der Waals surface area contributed by atoms with Crippen LogP contribution in [-0.4, -0.2) is 81.0 Å². The van der Waals surface area contributed by atoms with Crippen molar-refractivity contribution in [2.24, 2.45) is 5.41 Å². The highest BCUT2D eigenvalue weighted by Gasteiger charge is 2.56. The van der Waals surface area contributed by atoms with E-state index in [0.717, 1.165) is 87.0 Å². The van der Waals surface area contributed by atoms with Crippen molar-refractivity contribution in [3.8, 4) is 11.1 Å². The van der Waals surface area contributed by atoms with E-state index in [1.165, 1.54) is 12.5 Å². The molecule has 2 aliphatic carbocycles. The second-order valence-electron chi connectivity index (χ2n) is 15.4. The number of hydrogen-bond donors (Lipinski definition) is 1. The average Bonchev–Trinajstić information content (AvgIpc) is 3.52. The largest absolute Gasteiger partial charge is 0.444 e. The van der Waals surface area contributed by atoms with Gasteiger partial charge in [-0.15, -0.1) is 0 Å². The molecule has 1 aromatic carbocycles. The Morgan fingerprint density at radius 3 is 2.61 bits per heavy atom. The van der Waals surface area contributed by atoms with Gasteiger partial charge in [0.1, 0.15) is 11.4 Å². The van der Waals surface area contributed by atoms with Gasteiger partial charge in [-0.2, -0.15) is 10.2 Å². The Kier molecular flexibility index (Phi) is 7.16. The molecular weight excluding hydrogens is 609 g/mol. The lowest BCUT2D eigenvalue weighted by molar-refractivity contribution is -0.0930. The van der Waals surface area contributed by atoms with Crippen molar-refractivity contribution >= 4 is 34.4 Å². The zero-order chi connectivity index (χ0) is 32.0. The fraction of sp³-hybridized carbons (Fsp3) is 0.676. The number of halogens is 2. The van der Waals surface area contributed by atoms with Crippen molar-refractivity contribution in [3.63, 3.8) is 0 Å². The summed E-state index contributed by atoms with van der Waals surface area (Å²) in [5.74, 6) is 0.428. The first-order valence-electron chi connectivity index (χ1n) is 17.0. The Morgan fingerprint density at radius 1 is 1.15 bits per heavy atom. The van der Waals surface area contributed by atoms with Gasteiger partial charge in [-0.3, -0.25) is 4.68 Å². The number of fused-ring (bicyclic) bond motifs is 1. The first kappa shape index (κ1) is 30.4. The lowest BCUT2D eigenvalue weighted by Gasteiger charge is -2.58. The minimum absolute atomic E-state index is 0.000382. The molecule has 5 heterocycles. The van der Waals surface area contributed by atoms with E-state index in [1.54, 1.807) is 0 Å². The molecule has 2 aromatic heterocycles. The minimum Gasteiger partial charge on any atom is -0.444 e. The molecule has 1 amide bonds. The molecule has 3 saturated heterocycles. The number of carbonyl (C=O) groups excluding carboxylic acids is 1. The van der Waals surface area contributed by atoms with Gasteiger partial charge in [-0.1, -0.05) is 11.6 Å². The maximum atomic E-state index is 15.9. The molecule has 12 heteroatoms. The number of likely N-dealkylation sites (tertiary alicyclic amines) is 1. The predicted octanol–water partition coefficient (Wildman–Crippen LogP) is 6.60. The van der Waals surface area contributed by atoms with Crippen LogP contribution < -0.4 is 10.2 Å². The van der Waals surface area contributed by atoms with Crippen LogP contribution in [0.15, 0.2) is 12.3 Å². The number of rotatable bonds is 4. The van der Waals surface area contributed by atoms with E-state index in [0.29, 0.717) is 30.8 Å². The molecule has 2 spiro atoms. The monoisotopic (exact) mass is 653 g/mol. The van der Waals surface area contributed by atoms with E-state index in [2.05, 4.69) is 21.8 Å². The third-order valence-electron chi connectivity index (χ3n) is 11.1. The molecule has 1 atom stereocenters. The summed E-state index contributed by atoms with van der Waals surface area (Å²) in [5, 5.41) is 14.7. The summed E-state index contributed by atoms with van der Waals surface area (Å²) >= 11 is 6.95. The van der Waals surface area contributed by atoms with Gasteiger partial charge >= 0.3 is 6.09 Å². The molecule has 0 radical (unpaired) electrons. The number of nitrogens with zero attached hydrogens (tertiary/aromatic N) is 6. The van der Waals surface area contributed by atoms with Crippen molar-refractivity contribution in [2.45, 2.75) is 102 Å². The van der Waals surface area contributed by atoms with Crippen LogP contribution in [0.5, 0.6) is 0 Å². The molecule has 5 fully saturated rings. The summed E-state index contributed by atoms with van der Waals surface area (Å²) in [7, 11) is 0. The normalized spacial score (nSPS) is 24.3. The highest BCUT2D eigenvalue weighted by Crippen LogP contribution is 2.56. The van der Waals surface area contributed by atoms with Gasteiger partial charge in [-0.25, -0.2) is 13.9 Å². The van der Waals surface area contributed by atoms with Crippen molar-refractivity contribution < 1.29 is 18.7 Å². The van der Waals surface area contributed by atoms with Crippen LogP contribution in [0.3, 0.4) is 0 Å². The summed E-state index contributed by atoms with van der Waals surface area (Å²) < 4.78 is 31.5. The van der Waals surface area contributed by atoms with E-state index in [1.807, 2.05) is 36.5 Å². The third-order valence-corrected chi connectivity index (χ3v) is 11.4. The Hall–Kier alpha value is -2.89. The van der Waals surface area contributed by atoms with E-state index in [-0.39, 0.29) is 34.3 Å². The van der Waals surface area contributed by atoms with Gasteiger partial charge in [0.15, 0.2) is 12.0 Å². The van der Waals surface area contributed by atoms with Crippen LogP contribution >= 0.6 is 11.6 Å². The number of hydrogen-bond acceptors (Lipinski definition) is 7. The molecule has 1 unspecified atom stereocenters. The van der Waals surface area contributed by atoms with Gasteiger partial charge in [-0.05, 0) is 79.1 Å². The number of piperazine rings is 1. The topological polar surface area (TPSA) is 89.7 Å². The lowest BCUT2D eigenvalue weighted by atomic mass is 9.61. The molecule has 2 saturated carbocycles. The van der Waals surface area contributed by atoms with Gasteiger partial charge in [0, 0.05) is 73.0 Å². The summed E-state index contributed by atoms with van der Waals surface area (Å²) in [6.07, 6.45) is 9.53. The number of carbonyl (C=O) groups is 1. The molecular formula is C34H45ClFN7O3. The van der Waals surface area contributed by atoms with E-state index < -0.39 is 11.4 Å². The number of benzene rings is 1. The molecule has 1 N–H and O–H groups in total. The fourth-order valence-corrected chi connectivity index (χ4v) is 8.91. The Bertz CT molecular complexity index is 1670. The first-order valence-corrected chi connectivity index (χ1v) is 17.4. The maximum absolute atomic E-state index is 15.9. The number of aromatic nitrogens is 4. The van der Waals surface area contributed by atoms with Crippen LogP contribution in [0.1, 0.15) is 90.1 Å². The SMILES string of the molecule is Cc1c(-c2c(Cl)c(F)cc3c2cnn3C2CCCCO2)c(N2CCNCC23CCC3)nn1C1CC2(C1)CN(C(=O)OC(C)(C)C)C2. The predicted molar refractivity (Wildman–Crippen MR) is 175 cm³/mol. The standard InChI is InChI=1S/C34H45ClFN7O3/c1-21-27(28-23-17-38-43(26-8-5-6-13-45-26)25(23)14-24(36)29(28)35)30(41-12-11-37-18-34(41)9-7-10-34)39-42(21)22-15-33(16-22)19-40(20-33)31(44)46-32(2,3)4/h14,17,22,26,37H,5-13,15-16,18-20H2,1-4H3. The van der Waals surface area contributed by atoms with Gasteiger partial charge < -0.3 is 24.6 Å². The summed E-state index contributed by atoms with van der Waals surface area (Å²) in [4.78, 5) is 16.9. The van der Waals surface area contributed by atoms with Gasteiger partial charge in [0.25, 0.3) is 0 Å². The van der Waals surface area contributed by atoms with Crippen LogP contribution in [0, 0.1) is 18.2 Å². The Labute approximate surface area is 274 Å². The Morgan fingerprint density at radius 2 is 1.93 bits per heavy atom. The fourth-order valence-electron chi connectivity index (χ4n) is 8.66. The smallest absolute Gasteiger partial charge is 0.410 e. The molecule has 10 nitrogen and oxygen atoms in total. The highest BCUT2D eigenvalue weighted by molar-refractivity contribution is 6.35. The van der Waals surface area contributed by atoms with E-state index in [4.69, 9.17) is 31.3 Å². The van der Waals surface area contributed by atoms with Crippen LogP contribution in [0.25, 0.3) is 22.0 Å². The molecule has 248 valence electrons. The molecule has 8 rings (SSSR count). The third kappa shape index (κ3) is 4.82. The van der Waals surface area contributed by atoms with Crippen molar-refractivity contribution in [1.29, 1.82) is 0 Å². The van der Waals surface area contributed by atoms with Crippen LogP contribution in [-0.2, 0) is 9.47 Å². The van der Waals surface area contributed by atoms with Crippen LogP contribution in [0.4, 0.5) is 15.0 Å². The molecule has 46 heavy (non-hydrogen) atoms. The molecule has 0 bridgehead atoms.